The summed E-state index contributed by atoms with van der Waals surface area (Å²) in [6, 6.07) is 3.22. The Hall–Kier alpha value is -2.08. The Bertz CT molecular complexity index is 874. The average Bonchev–Trinajstić information content (AvgIpc) is 2.83. The standard InChI is InChI=1S/C26H34F2N2O2/c1-3-5-21-11-10-19(16-32-21)20-14-29-26(30-15-20)18-8-6-17(7-9-18)22-12-13-23(31-4-2)25(28)24(22)27/h12-15,17-19,21H,3-11,16H2,1-2H3. The second-order valence-corrected chi connectivity index (χ2v) is 9.16. The molecule has 0 N–H and O–H groups in total. The number of rotatable bonds is 7. The highest BCUT2D eigenvalue weighted by Crippen LogP contribution is 2.41. The van der Waals surface area contributed by atoms with E-state index in [9.17, 15) is 8.78 Å². The van der Waals surface area contributed by atoms with Crippen LogP contribution in [-0.4, -0.2) is 29.3 Å². The molecule has 1 saturated heterocycles. The van der Waals surface area contributed by atoms with Gasteiger partial charge in [-0.3, -0.25) is 0 Å². The average molecular weight is 445 g/mol. The maximum Gasteiger partial charge on any atom is 0.200 e. The molecule has 1 aromatic carbocycles. The van der Waals surface area contributed by atoms with E-state index in [2.05, 4.69) is 16.9 Å². The lowest BCUT2D eigenvalue weighted by Gasteiger charge is -2.30. The van der Waals surface area contributed by atoms with Gasteiger partial charge in [-0.2, -0.15) is 4.39 Å². The van der Waals surface area contributed by atoms with Gasteiger partial charge in [-0.05, 0) is 75.0 Å². The van der Waals surface area contributed by atoms with E-state index >= 15 is 0 Å². The van der Waals surface area contributed by atoms with Crippen molar-refractivity contribution in [3.05, 3.63) is 53.1 Å². The highest BCUT2D eigenvalue weighted by Gasteiger charge is 2.29. The second kappa shape index (κ2) is 10.7. The van der Waals surface area contributed by atoms with Crippen LogP contribution in [0.1, 0.15) is 99.9 Å². The Morgan fingerprint density at radius 2 is 1.59 bits per heavy atom. The van der Waals surface area contributed by atoms with Crippen LogP contribution in [0.5, 0.6) is 5.75 Å². The quantitative estimate of drug-likeness (QED) is 0.479. The number of hydrogen-bond donors (Lipinski definition) is 0. The number of hydrogen-bond acceptors (Lipinski definition) is 4. The number of nitrogens with zero attached hydrogens (tertiary/aromatic N) is 2. The van der Waals surface area contributed by atoms with Crippen LogP contribution in [0.15, 0.2) is 24.5 Å². The lowest BCUT2D eigenvalue weighted by Crippen LogP contribution is -2.25. The molecule has 0 spiro atoms. The van der Waals surface area contributed by atoms with Crippen LogP contribution in [0.3, 0.4) is 0 Å². The largest absolute Gasteiger partial charge is 0.491 e. The van der Waals surface area contributed by atoms with Crippen molar-refractivity contribution in [3.63, 3.8) is 0 Å². The third-order valence-corrected chi connectivity index (χ3v) is 7.05. The van der Waals surface area contributed by atoms with Gasteiger partial charge in [0.1, 0.15) is 5.82 Å². The molecule has 2 heterocycles. The molecule has 4 nitrogen and oxygen atoms in total. The van der Waals surface area contributed by atoms with Crippen molar-refractivity contribution >= 4 is 0 Å². The maximum atomic E-state index is 14.6. The molecular formula is C26H34F2N2O2. The zero-order valence-corrected chi connectivity index (χ0v) is 19.2. The molecule has 2 aromatic rings. The van der Waals surface area contributed by atoms with Crippen molar-refractivity contribution in [2.45, 2.75) is 89.1 Å². The summed E-state index contributed by atoms with van der Waals surface area (Å²) in [5, 5.41) is 0. The fourth-order valence-electron chi connectivity index (χ4n) is 5.18. The first-order valence-electron chi connectivity index (χ1n) is 12.1. The molecule has 32 heavy (non-hydrogen) atoms. The first-order chi connectivity index (χ1) is 15.6. The molecule has 0 radical (unpaired) electrons. The predicted molar refractivity (Wildman–Crippen MR) is 120 cm³/mol. The maximum absolute atomic E-state index is 14.6. The van der Waals surface area contributed by atoms with Crippen molar-refractivity contribution in [2.75, 3.05) is 13.2 Å². The molecule has 174 valence electrons. The number of aromatic nitrogens is 2. The van der Waals surface area contributed by atoms with E-state index in [-0.39, 0.29) is 17.6 Å². The van der Waals surface area contributed by atoms with E-state index in [0.717, 1.165) is 69.4 Å². The molecule has 1 aliphatic heterocycles. The molecule has 1 aromatic heterocycles. The van der Waals surface area contributed by atoms with E-state index in [1.807, 2.05) is 12.4 Å². The van der Waals surface area contributed by atoms with E-state index in [0.29, 0.717) is 24.2 Å². The molecule has 0 bridgehead atoms. The number of halogens is 2. The predicted octanol–water partition coefficient (Wildman–Crippen LogP) is 6.66. The summed E-state index contributed by atoms with van der Waals surface area (Å²) in [5.41, 5.74) is 1.61. The van der Waals surface area contributed by atoms with Crippen LogP contribution in [0.25, 0.3) is 0 Å². The van der Waals surface area contributed by atoms with E-state index < -0.39 is 11.6 Å². The summed E-state index contributed by atoms with van der Waals surface area (Å²) in [4.78, 5) is 9.35. The SMILES string of the molecule is CCCC1CCC(c2cnc(C3CCC(c4ccc(OCC)c(F)c4F)CC3)nc2)CO1. The van der Waals surface area contributed by atoms with Crippen molar-refractivity contribution in [1.29, 1.82) is 0 Å². The summed E-state index contributed by atoms with van der Waals surface area (Å²) in [5.74, 6) is -0.121. The van der Waals surface area contributed by atoms with Crippen LogP contribution >= 0.6 is 0 Å². The van der Waals surface area contributed by atoms with Gasteiger partial charge in [0.2, 0.25) is 5.82 Å². The molecular weight excluding hydrogens is 410 g/mol. The molecule has 0 amide bonds. The fourth-order valence-corrected chi connectivity index (χ4v) is 5.18. The summed E-state index contributed by atoms with van der Waals surface area (Å²) >= 11 is 0. The highest BCUT2D eigenvalue weighted by molar-refractivity contribution is 5.33. The Morgan fingerprint density at radius 1 is 0.906 bits per heavy atom. The zero-order valence-electron chi connectivity index (χ0n) is 19.2. The third-order valence-electron chi connectivity index (χ3n) is 7.05. The molecule has 2 fully saturated rings. The Labute approximate surface area is 189 Å². The van der Waals surface area contributed by atoms with Crippen molar-refractivity contribution in [1.82, 2.24) is 9.97 Å². The van der Waals surface area contributed by atoms with Crippen LogP contribution in [0.2, 0.25) is 0 Å². The van der Waals surface area contributed by atoms with Crippen LogP contribution in [0.4, 0.5) is 8.78 Å². The van der Waals surface area contributed by atoms with Gasteiger partial charge in [0, 0.05) is 24.2 Å². The summed E-state index contributed by atoms with van der Waals surface area (Å²) in [6.45, 7) is 5.02. The van der Waals surface area contributed by atoms with E-state index in [4.69, 9.17) is 9.47 Å². The van der Waals surface area contributed by atoms with Gasteiger partial charge in [0.15, 0.2) is 11.6 Å². The molecule has 4 rings (SSSR count). The Kier molecular flexibility index (Phi) is 7.71. The molecule has 6 heteroatoms. The first-order valence-corrected chi connectivity index (χ1v) is 12.1. The normalized spacial score (nSPS) is 26.1. The summed E-state index contributed by atoms with van der Waals surface area (Å²) < 4.78 is 40.0. The fraction of sp³-hybridized carbons (Fsp3) is 0.615. The third kappa shape index (κ3) is 5.11. The minimum Gasteiger partial charge on any atom is -0.491 e. The zero-order chi connectivity index (χ0) is 22.5. The van der Waals surface area contributed by atoms with Gasteiger partial charge in [-0.25, -0.2) is 14.4 Å². The topological polar surface area (TPSA) is 44.2 Å². The minimum absolute atomic E-state index is 0.0137. The molecule has 1 aliphatic carbocycles. The van der Waals surface area contributed by atoms with E-state index in [1.165, 1.54) is 0 Å². The van der Waals surface area contributed by atoms with Gasteiger partial charge < -0.3 is 9.47 Å². The monoisotopic (exact) mass is 444 g/mol. The van der Waals surface area contributed by atoms with Crippen molar-refractivity contribution in [2.24, 2.45) is 0 Å². The van der Waals surface area contributed by atoms with Crippen molar-refractivity contribution < 1.29 is 18.3 Å². The smallest absolute Gasteiger partial charge is 0.200 e. The molecule has 1 saturated carbocycles. The first kappa shape index (κ1) is 23.1. The van der Waals surface area contributed by atoms with Gasteiger partial charge in [-0.1, -0.05) is 19.4 Å². The lowest BCUT2D eigenvalue weighted by molar-refractivity contribution is -0.00125. The molecule has 2 aliphatic rings. The molecule has 2 atom stereocenters. The van der Waals surface area contributed by atoms with Crippen molar-refractivity contribution in [3.8, 4) is 5.75 Å². The highest BCUT2D eigenvalue weighted by atomic mass is 19.2. The summed E-state index contributed by atoms with van der Waals surface area (Å²) in [6.07, 6.45) is 12.2. The molecule has 2 unspecified atom stereocenters. The Morgan fingerprint density at radius 3 is 2.22 bits per heavy atom. The van der Waals surface area contributed by atoms with Gasteiger partial charge >= 0.3 is 0 Å². The second-order valence-electron chi connectivity index (χ2n) is 9.16. The van der Waals surface area contributed by atoms with Gasteiger partial charge in [0.05, 0.1) is 19.3 Å². The lowest BCUT2D eigenvalue weighted by atomic mass is 9.78. The number of benzene rings is 1. The van der Waals surface area contributed by atoms with Crippen LogP contribution in [0, 0.1) is 11.6 Å². The van der Waals surface area contributed by atoms with Crippen LogP contribution < -0.4 is 4.74 Å². The van der Waals surface area contributed by atoms with Gasteiger partial charge in [0.25, 0.3) is 0 Å². The van der Waals surface area contributed by atoms with Crippen LogP contribution in [-0.2, 0) is 4.74 Å². The minimum atomic E-state index is -0.877. The number of ether oxygens (including phenoxy) is 2. The van der Waals surface area contributed by atoms with Gasteiger partial charge in [-0.15, -0.1) is 0 Å². The Balaban J connectivity index is 1.33. The summed E-state index contributed by atoms with van der Waals surface area (Å²) in [7, 11) is 0. The van der Waals surface area contributed by atoms with E-state index in [1.54, 1.807) is 19.1 Å².